The summed E-state index contributed by atoms with van der Waals surface area (Å²) in [5.41, 5.74) is 10.5. The molecule has 0 radical (unpaired) electrons. The van der Waals surface area contributed by atoms with Gasteiger partial charge in [0, 0.05) is 24.3 Å². The van der Waals surface area contributed by atoms with Crippen molar-refractivity contribution in [3.63, 3.8) is 0 Å². The number of nitrogens with zero attached hydrogens (tertiary/aromatic N) is 1. The Morgan fingerprint density at radius 2 is 1.76 bits per heavy atom. The number of anilines is 1. The fraction of sp³-hybridized carbons (Fsp3) is 0.278. The molecule has 0 saturated carbocycles. The first-order chi connectivity index (χ1) is 10.0. The maximum atomic E-state index is 12.7. The quantitative estimate of drug-likeness (QED) is 0.872. The number of hydrogen-bond donors (Lipinski definition) is 1. The summed E-state index contributed by atoms with van der Waals surface area (Å²) in [6, 6.07) is 13.5. The minimum atomic E-state index is 0.0792. The summed E-state index contributed by atoms with van der Waals surface area (Å²) in [4.78, 5) is 14.6. The average Bonchev–Trinajstić information content (AvgIpc) is 2.49. The van der Waals surface area contributed by atoms with Crippen LogP contribution in [0.1, 0.15) is 34.0 Å². The number of nitrogens with two attached hydrogens (primary N) is 1. The molecule has 0 bridgehead atoms. The third-order valence-corrected chi connectivity index (χ3v) is 3.86. The number of nitrogen functional groups attached to an aromatic ring is 1. The molecule has 2 rings (SSSR count). The van der Waals surface area contributed by atoms with E-state index in [2.05, 4.69) is 0 Å². The van der Waals surface area contributed by atoms with Gasteiger partial charge in [-0.05, 0) is 55.7 Å². The fourth-order valence-electron chi connectivity index (χ4n) is 2.32. The van der Waals surface area contributed by atoms with Crippen LogP contribution in [0.3, 0.4) is 0 Å². The highest BCUT2D eigenvalue weighted by atomic mass is 16.2. The lowest BCUT2D eigenvalue weighted by Crippen LogP contribution is -2.31. The molecule has 110 valence electrons. The second-order valence-corrected chi connectivity index (χ2v) is 5.31. The van der Waals surface area contributed by atoms with Gasteiger partial charge < -0.3 is 10.6 Å². The smallest absolute Gasteiger partial charge is 0.254 e. The molecule has 0 aliphatic carbocycles. The van der Waals surface area contributed by atoms with Gasteiger partial charge in [-0.3, -0.25) is 4.79 Å². The largest absolute Gasteiger partial charge is 0.399 e. The molecule has 3 nitrogen and oxygen atoms in total. The van der Waals surface area contributed by atoms with Crippen molar-refractivity contribution in [2.75, 3.05) is 12.3 Å². The zero-order valence-corrected chi connectivity index (χ0v) is 12.9. The third-order valence-electron chi connectivity index (χ3n) is 3.86. The van der Waals surface area contributed by atoms with Crippen LogP contribution >= 0.6 is 0 Å². The van der Waals surface area contributed by atoms with Crippen molar-refractivity contribution in [2.24, 2.45) is 0 Å². The lowest BCUT2D eigenvalue weighted by molar-refractivity contribution is 0.0752. The summed E-state index contributed by atoms with van der Waals surface area (Å²) >= 11 is 0. The Balaban J connectivity index is 2.22. The number of rotatable bonds is 4. The molecule has 0 aromatic heterocycles. The lowest BCUT2D eigenvalue weighted by Gasteiger charge is -2.22. The predicted octanol–water partition coefficient (Wildman–Crippen LogP) is 3.55. The van der Waals surface area contributed by atoms with Crippen molar-refractivity contribution in [1.82, 2.24) is 4.90 Å². The second kappa shape index (κ2) is 6.44. The van der Waals surface area contributed by atoms with Crippen LogP contribution in [0.2, 0.25) is 0 Å². The molecule has 0 aliphatic heterocycles. The Hall–Kier alpha value is -2.29. The summed E-state index contributed by atoms with van der Waals surface area (Å²) in [6.45, 7) is 7.31. The molecule has 2 aromatic carbocycles. The molecule has 0 aliphatic rings. The van der Waals surface area contributed by atoms with Gasteiger partial charge in [0.25, 0.3) is 5.91 Å². The molecule has 1 amide bonds. The van der Waals surface area contributed by atoms with E-state index in [1.807, 2.05) is 68.1 Å². The molecule has 0 atom stereocenters. The van der Waals surface area contributed by atoms with Crippen LogP contribution in [0, 0.1) is 13.8 Å². The van der Waals surface area contributed by atoms with Crippen molar-refractivity contribution in [2.45, 2.75) is 27.3 Å². The Morgan fingerprint density at radius 1 is 1.10 bits per heavy atom. The van der Waals surface area contributed by atoms with Crippen LogP contribution < -0.4 is 5.73 Å². The van der Waals surface area contributed by atoms with Crippen molar-refractivity contribution < 1.29 is 4.79 Å². The lowest BCUT2D eigenvalue weighted by atomic mass is 10.0. The van der Waals surface area contributed by atoms with Gasteiger partial charge >= 0.3 is 0 Å². The van der Waals surface area contributed by atoms with E-state index in [-0.39, 0.29) is 5.91 Å². The fourth-order valence-corrected chi connectivity index (χ4v) is 2.32. The SMILES string of the molecule is CCN(Cc1ccc(N)cc1)C(=O)c1cccc(C)c1C. The Kier molecular flexibility index (Phi) is 4.63. The molecule has 0 spiro atoms. The predicted molar refractivity (Wildman–Crippen MR) is 87.2 cm³/mol. The molecule has 21 heavy (non-hydrogen) atoms. The number of hydrogen-bond acceptors (Lipinski definition) is 2. The maximum absolute atomic E-state index is 12.7. The molecule has 0 fully saturated rings. The van der Waals surface area contributed by atoms with Gasteiger partial charge in [-0.25, -0.2) is 0 Å². The average molecular weight is 282 g/mol. The van der Waals surface area contributed by atoms with Crippen molar-refractivity contribution in [1.29, 1.82) is 0 Å². The van der Waals surface area contributed by atoms with Crippen LogP contribution in [0.25, 0.3) is 0 Å². The van der Waals surface area contributed by atoms with E-state index >= 15 is 0 Å². The molecule has 0 saturated heterocycles. The van der Waals surface area contributed by atoms with Gasteiger partial charge in [0.15, 0.2) is 0 Å². The van der Waals surface area contributed by atoms with Crippen molar-refractivity contribution in [3.8, 4) is 0 Å². The van der Waals surface area contributed by atoms with Crippen LogP contribution in [0.4, 0.5) is 5.69 Å². The van der Waals surface area contributed by atoms with Gasteiger partial charge in [0.05, 0.1) is 0 Å². The molecule has 0 heterocycles. The van der Waals surface area contributed by atoms with Crippen LogP contribution in [0.15, 0.2) is 42.5 Å². The summed E-state index contributed by atoms with van der Waals surface area (Å²) in [7, 11) is 0. The molecule has 3 heteroatoms. The van der Waals surface area contributed by atoms with Crippen LogP contribution in [-0.2, 0) is 6.54 Å². The van der Waals surface area contributed by atoms with Crippen molar-refractivity contribution in [3.05, 3.63) is 64.7 Å². The molecule has 2 N–H and O–H groups in total. The number of carbonyl (C=O) groups is 1. The highest BCUT2D eigenvalue weighted by Gasteiger charge is 2.17. The Morgan fingerprint density at radius 3 is 2.38 bits per heavy atom. The maximum Gasteiger partial charge on any atom is 0.254 e. The highest BCUT2D eigenvalue weighted by molar-refractivity contribution is 5.95. The topological polar surface area (TPSA) is 46.3 Å². The van der Waals surface area contributed by atoms with E-state index in [0.717, 1.165) is 27.9 Å². The number of benzene rings is 2. The second-order valence-electron chi connectivity index (χ2n) is 5.31. The molecule has 0 unspecified atom stereocenters. The van der Waals surface area contributed by atoms with E-state index in [1.54, 1.807) is 0 Å². The van der Waals surface area contributed by atoms with E-state index in [0.29, 0.717) is 13.1 Å². The molecular weight excluding hydrogens is 260 g/mol. The molecular formula is C18H22N2O. The summed E-state index contributed by atoms with van der Waals surface area (Å²) in [5, 5.41) is 0. The first kappa shape index (κ1) is 15.1. The van der Waals surface area contributed by atoms with Gasteiger partial charge in [0.2, 0.25) is 0 Å². The van der Waals surface area contributed by atoms with E-state index < -0.39 is 0 Å². The van der Waals surface area contributed by atoms with Gasteiger partial charge in [-0.15, -0.1) is 0 Å². The summed E-state index contributed by atoms with van der Waals surface area (Å²) in [5.74, 6) is 0.0792. The zero-order valence-electron chi connectivity index (χ0n) is 12.9. The van der Waals surface area contributed by atoms with Crippen LogP contribution in [0.5, 0.6) is 0 Å². The van der Waals surface area contributed by atoms with Gasteiger partial charge in [-0.2, -0.15) is 0 Å². The van der Waals surface area contributed by atoms with E-state index in [4.69, 9.17) is 5.73 Å². The minimum Gasteiger partial charge on any atom is -0.399 e. The summed E-state index contributed by atoms with van der Waals surface area (Å²) in [6.07, 6.45) is 0. The minimum absolute atomic E-state index is 0.0792. The van der Waals surface area contributed by atoms with E-state index in [9.17, 15) is 4.79 Å². The van der Waals surface area contributed by atoms with Crippen LogP contribution in [-0.4, -0.2) is 17.4 Å². The van der Waals surface area contributed by atoms with Gasteiger partial charge in [0.1, 0.15) is 0 Å². The normalized spacial score (nSPS) is 10.4. The highest BCUT2D eigenvalue weighted by Crippen LogP contribution is 2.17. The monoisotopic (exact) mass is 282 g/mol. The van der Waals surface area contributed by atoms with Gasteiger partial charge in [-0.1, -0.05) is 24.3 Å². The van der Waals surface area contributed by atoms with E-state index in [1.165, 1.54) is 0 Å². The van der Waals surface area contributed by atoms with Crippen molar-refractivity contribution >= 4 is 11.6 Å². The number of aryl methyl sites for hydroxylation is 1. The Bertz CT molecular complexity index is 632. The first-order valence-electron chi connectivity index (χ1n) is 7.22. The number of amides is 1. The Labute approximate surface area is 126 Å². The zero-order chi connectivity index (χ0) is 15.4. The number of carbonyl (C=O) groups excluding carboxylic acids is 1. The third kappa shape index (κ3) is 3.43. The standard InChI is InChI=1S/C18H22N2O/c1-4-20(12-15-8-10-16(19)11-9-15)18(21)17-7-5-6-13(2)14(17)3/h5-11H,4,12,19H2,1-3H3. The first-order valence-corrected chi connectivity index (χ1v) is 7.22. The molecule has 2 aromatic rings. The summed E-state index contributed by atoms with van der Waals surface area (Å²) < 4.78 is 0.